The molecule has 0 radical (unpaired) electrons. The topological polar surface area (TPSA) is 58.6 Å². The molecule has 5 nitrogen and oxygen atoms in total. The largest absolute Gasteiger partial charge is 0.449 e. The molecule has 30 heavy (non-hydrogen) atoms. The van der Waals surface area contributed by atoms with Crippen LogP contribution in [-0.2, 0) is 11.2 Å². The van der Waals surface area contributed by atoms with Crippen LogP contribution in [0.25, 0.3) is 5.57 Å². The molecule has 5 heteroatoms. The van der Waals surface area contributed by atoms with Crippen LogP contribution < -0.4 is 15.0 Å². The minimum absolute atomic E-state index is 0.155. The molecule has 0 saturated heterocycles. The average Bonchev–Trinajstić information content (AvgIpc) is 2.80. The minimum Gasteiger partial charge on any atom is -0.449 e. The number of likely N-dealkylation sites (N-methyl/N-ethyl adjacent to an activating group) is 1. The van der Waals surface area contributed by atoms with Crippen molar-refractivity contribution in [1.29, 1.82) is 0 Å². The summed E-state index contributed by atoms with van der Waals surface area (Å²) < 4.78 is 6.11. The van der Waals surface area contributed by atoms with Gasteiger partial charge in [0.05, 0.1) is 5.69 Å². The van der Waals surface area contributed by atoms with Crippen molar-refractivity contribution < 1.29 is 14.3 Å². The van der Waals surface area contributed by atoms with Crippen LogP contribution in [0.5, 0.6) is 5.75 Å². The van der Waals surface area contributed by atoms with Crippen LogP contribution >= 0.6 is 0 Å². The van der Waals surface area contributed by atoms with Crippen molar-refractivity contribution in [3.63, 3.8) is 0 Å². The molecule has 0 unspecified atom stereocenters. The Morgan fingerprint density at radius 1 is 0.900 bits per heavy atom. The predicted molar refractivity (Wildman–Crippen MR) is 117 cm³/mol. The van der Waals surface area contributed by atoms with Crippen molar-refractivity contribution in [2.75, 3.05) is 19.0 Å². The van der Waals surface area contributed by atoms with E-state index >= 15 is 0 Å². The first-order valence-corrected chi connectivity index (χ1v) is 9.73. The van der Waals surface area contributed by atoms with E-state index in [4.69, 9.17) is 4.74 Å². The number of amides is 2. The summed E-state index contributed by atoms with van der Waals surface area (Å²) in [4.78, 5) is 26.7. The van der Waals surface area contributed by atoms with Crippen molar-refractivity contribution in [3.8, 4) is 5.75 Å². The zero-order valence-corrected chi connectivity index (χ0v) is 16.9. The number of carbonyl (C=O) groups excluding carboxylic acids is 2. The smallest absolute Gasteiger partial charge is 0.294 e. The average molecular weight is 398 g/mol. The Hall–Kier alpha value is -3.86. The number of allylic oxidation sites excluding steroid dienone is 1. The molecule has 150 valence electrons. The van der Waals surface area contributed by atoms with E-state index in [0.717, 1.165) is 22.4 Å². The molecule has 3 aromatic carbocycles. The predicted octanol–water partition coefficient (Wildman–Crippen LogP) is 4.06. The molecule has 1 aliphatic heterocycles. The third kappa shape index (κ3) is 3.70. The van der Waals surface area contributed by atoms with Gasteiger partial charge in [-0.15, -0.1) is 0 Å². The van der Waals surface area contributed by atoms with Gasteiger partial charge in [0, 0.05) is 31.7 Å². The molecule has 0 aromatic heterocycles. The molecule has 1 heterocycles. The molecule has 3 aromatic rings. The number of hydrogen-bond donors (Lipinski definition) is 1. The number of carbonyl (C=O) groups is 2. The van der Waals surface area contributed by atoms with Gasteiger partial charge in [-0.3, -0.25) is 9.59 Å². The first kappa shape index (κ1) is 19.5. The molecule has 0 spiro atoms. The number of ether oxygens (including phenoxy) is 1. The molecule has 0 bridgehead atoms. The van der Waals surface area contributed by atoms with E-state index in [2.05, 4.69) is 5.32 Å². The fourth-order valence-electron chi connectivity index (χ4n) is 3.51. The minimum atomic E-state index is -0.199. The maximum Gasteiger partial charge on any atom is 0.294 e. The molecule has 1 N–H and O–H groups in total. The highest BCUT2D eigenvalue weighted by Crippen LogP contribution is 2.37. The van der Waals surface area contributed by atoms with Gasteiger partial charge in [0.25, 0.3) is 11.8 Å². The lowest BCUT2D eigenvalue weighted by atomic mass is 9.95. The number of anilines is 1. The molecular weight excluding hydrogens is 376 g/mol. The van der Waals surface area contributed by atoms with E-state index in [9.17, 15) is 9.59 Å². The number of para-hydroxylation sites is 2. The lowest BCUT2D eigenvalue weighted by molar-refractivity contribution is -0.117. The summed E-state index contributed by atoms with van der Waals surface area (Å²) in [5, 5.41) is 2.62. The number of hydrogen-bond acceptors (Lipinski definition) is 3. The number of rotatable bonds is 4. The zero-order chi connectivity index (χ0) is 21.1. The number of nitrogens with one attached hydrogen (secondary N) is 1. The Morgan fingerprint density at radius 3 is 2.23 bits per heavy atom. The molecule has 0 atom stereocenters. The van der Waals surface area contributed by atoms with Gasteiger partial charge >= 0.3 is 0 Å². The van der Waals surface area contributed by atoms with Gasteiger partial charge in [-0.05, 0) is 35.4 Å². The van der Waals surface area contributed by atoms with Crippen LogP contribution in [0.15, 0.2) is 84.6 Å². The molecule has 1 aliphatic rings. The molecule has 2 amide bonds. The van der Waals surface area contributed by atoms with Gasteiger partial charge in [0.15, 0.2) is 11.5 Å². The molecule has 0 aliphatic carbocycles. The summed E-state index contributed by atoms with van der Waals surface area (Å²) in [5.74, 6) is 0.586. The molecule has 0 fully saturated rings. The monoisotopic (exact) mass is 398 g/mol. The Labute approximate surface area is 175 Å². The highest BCUT2D eigenvalue weighted by atomic mass is 16.5. The normalized spacial score (nSPS) is 14.6. The highest BCUT2D eigenvalue weighted by Gasteiger charge is 2.30. The lowest BCUT2D eigenvalue weighted by Crippen LogP contribution is -2.34. The number of benzene rings is 3. The van der Waals surface area contributed by atoms with Gasteiger partial charge in [-0.25, -0.2) is 0 Å². The summed E-state index contributed by atoms with van der Waals surface area (Å²) in [7, 11) is 3.35. The SMILES string of the molecule is CNC(=O)c1ccc(/C(Cc2ccccc2)=C2\Oc3ccccc3N(C)C2=O)cc1. The van der Waals surface area contributed by atoms with E-state index in [-0.39, 0.29) is 11.8 Å². The first-order chi connectivity index (χ1) is 14.6. The van der Waals surface area contributed by atoms with Crippen molar-refractivity contribution in [1.82, 2.24) is 5.32 Å². The third-order valence-corrected chi connectivity index (χ3v) is 5.16. The Balaban J connectivity index is 1.83. The van der Waals surface area contributed by atoms with Gasteiger partial charge in [-0.2, -0.15) is 0 Å². The molecule has 0 saturated carbocycles. The van der Waals surface area contributed by atoms with Gasteiger partial charge in [-0.1, -0.05) is 54.6 Å². The second-order valence-corrected chi connectivity index (χ2v) is 7.06. The third-order valence-electron chi connectivity index (χ3n) is 5.16. The van der Waals surface area contributed by atoms with Crippen LogP contribution in [0.2, 0.25) is 0 Å². The Morgan fingerprint density at radius 2 is 1.53 bits per heavy atom. The summed E-state index contributed by atoms with van der Waals surface area (Å²) in [6.07, 6.45) is 0.525. The van der Waals surface area contributed by atoms with Crippen LogP contribution in [0.3, 0.4) is 0 Å². The number of fused-ring (bicyclic) bond motifs is 1. The summed E-state index contributed by atoms with van der Waals surface area (Å²) in [6, 6.07) is 24.6. The zero-order valence-electron chi connectivity index (χ0n) is 16.9. The van der Waals surface area contributed by atoms with E-state index in [0.29, 0.717) is 23.5 Å². The van der Waals surface area contributed by atoms with Gasteiger partial charge in [0.1, 0.15) is 0 Å². The van der Waals surface area contributed by atoms with Crippen LogP contribution in [-0.4, -0.2) is 25.9 Å². The van der Waals surface area contributed by atoms with Gasteiger partial charge in [0.2, 0.25) is 0 Å². The Bertz CT molecular complexity index is 1120. The quantitative estimate of drug-likeness (QED) is 0.675. The first-order valence-electron chi connectivity index (χ1n) is 9.73. The van der Waals surface area contributed by atoms with Crippen molar-refractivity contribution in [2.45, 2.75) is 6.42 Å². The van der Waals surface area contributed by atoms with Gasteiger partial charge < -0.3 is 15.0 Å². The number of nitrogens with zero attached hydrogens (tertiary/aromatic N) is 1. The van der Waals surface area contributed by atoms with E-state index in [1.54, 1.807) is 31.1 Å². The second kappa shape index (κ2) is 8.25. The summed E-state index contributed by atoms with van der Waals surface area (Å²) in [6.45, 7) is 0. The molecular formula is C25H22N2O3. The van der Waals surface area contributed by atoms with E-state index in [1.165, 1.54) is 0 Å². The lowest BCUT2D eigenvalue weighted by Gasteiger charge is -2.29. The summed E-state index contributed by atoms with van der Waals surface area (Å²) >= 11 is 0. The van der Waals surface area contributed by atoms with Crippen molar-refractivity contribution in [3.05, 3.63) is 101 Å². The van der Waals surface area contributed by atoms with Crippen LogP contribution in [0.4, 0.5) is 5.69 Å². The standard InChI is InChI=1S/C25H22N2O3/c1-26-24(28)19-14-12-18(13-15-19)20(16-17-8-4-3-5-9-17)23-25(29)27(2)21-10-6-7-11-22(21)30-23/h3-15H,16H2,1-2H3,(H,26,28)/b23-20-. The Kier molecular flexibility index (Phi) is 5.35. The maximum atomic E-state index is 13.2. The van der Waals surface area contributed by atoms with Crippen molar-refractivity contribution >= 4 is 23.1 Å². The fourth-order valence-corrected chi connectivity index (χ4v) is 3.51. The van der Waals surface area contributed by atoms with Crippen LogP contribution in [0, 0.1) is 0 Å². The maximum absolute atomic E-state index is 13.2. The summed E-state index contributed by atoms with van der Waals surface area (Å²) in [5.41, 5.74) is 3.97. The van der Waals surface area contributed by atoms with Crippen LogP contribution in [0.1, 0.15) is 21.5 Å². The highest BCUT2D eigenvalue weighted by molar-refractivity contribution is 6.11. The fraction of sp³-hybridized carbons (Fsp3) is 0.120. The van der Waals surface area contributed by atoms with E-state index < -0.39 is 0 Å². The second-order valence-electron chi connectivity index (χ2n) is 7.06. The van der Waals surface area contributed by atoms with E-state index in [1.807, 2.05) is 66.7 Å². The van der Waals surface area contributed by atoms with Crippen molar-refractivity contribution in [2.24, 2.45) is 0 Å². The molecule has 4 rings (SSSR count).